The van der Waals surface area contributed by atoms with Crippen LogP contribution in [0.4, 0.5) is 0 Å². The monoisotopic (exact) mass is 68.0 g/mol. The van der Waals surface area contributed by atoms with Crippen LogP contribution in [0.3, 0.4) is 0 Å². The standard InChI is InChI=1S/C3H4N2/c4-2-1-3-5/h2-5H. The molecule has 2 N–H and O–H groups in total. The predicted molar refractivity (Wildman–Crippen MR) is 18.8 cm³/mol. The Morgan fingerprint density at radius 3 is 1.60 bits per heavy atom. The molecule has 0 bridgehead atoms. The van der Waals surface area contributed by atoms with Crippen molar-refractivity contribution in [3.05, 3.63) is 18.1 Å². The number of hydrogen-bond acceptors (Lipinski definition) is 0. The van der Waals surface area contributed by atoms with Gasteiger partial charge in [0.05, 0.1) is 12.4 Å². The minimum Gasteiger partial charge on any atom is -0.300 e. The van der Waals surface area contributed by atoms with Crippen molar-refractivity contribution in [3.63, 3.8) is 0 Å². The van der Waals surface area contributed by atoms with Crippen molar-refractivity contribution in [1.82, 2.24) is 11.5 Å². The molecule has 0 spiro atoms. The quantitative estimate of drug-likeness (QED) is 0.363. The van der Waals surface area contributed by atoms with Gasteiger partial charge in [0.2, 0.25) is 0 Å². The van der Waals surface area contributed by atoms with Crippen molar-refractivity contribution in [2.24, 2.45) is 0 Å². The first-order valence-corrected chi connectivity index (χ1v) is 1.15. The van der Waals surface area contributed by atoms with Gasteiger partial charge >= 0.3 is 0 Å². The molecule has 0 aromatic heterocycles. The number of rotatable bonds is 0. The third-order valence-corrected chi connectivity index (χ3v) is 0.167. The van der Waals surface area contributed by atoms with Crippen LogP contribution in [0.2, 0.25) is 0 Å². The van der Waals surface area contributed by atoms with Crippen molar-refractivity contribution >= 4 is 0 Å². The van der Waals surface area contributed by atoms with Crippen LogP contribution in [-0.4, -0.2) is 0 Å². The molecule has 5 heavy (non-hydrogen) atoms. The van der Waals surface area contributed by atoms with Crippen LogP contribution in [0.25, 0.3) is 0 Å². The van der Waals surface area contributed by atoms with Crippen LogP contribution in [-0.2, 0) is 0 Å². The highest BCUT2D eigenvalue weighted by molar-refractivity contribution is 4.73. The van der Waals surface area contributed by atoms with Gasteiger partial charge in [-0.2, -0.15) is 0 Å². The van der Waals surface area contributed by atoms with Crippen LogP contribution < -0.4 is 11.5 Å². The van der Waals surface area contributed by atoms with Crippen molar-refractivity contribution in [2.75, 3.05) is 0 Å². The van der Waals surface area contributed by atoms with Gasteiger partial charge in [-0.05, 0) is 0 Å². The van der Waals surface area contributed by atoms with E-state index in [2.05, 4.69) is 5.73 Å². The Labute approximate surface area is 30.8 Å². The van der Waals surface area contributed by atoms with Crippen molar-refractivity contribution in [1.29, 1.82) is 0 Å². The van der Waals surface area contributed by atoms with Crippen LogP contribution in [0, 0.1) is 0 Å². The minimum absolute atomic E-state index is 0.938. The summed E-state index contributed by atoms with van der Waals surface area (Å²) in [6, 6.07) is 0. The molecule has 0 amide bonds. The molecule has 0 fully saturated rings. The highest BCUT2D eigenvalue weighted by Gasteiger charge is 1.36. The molecular weight excluding hydrogens is 64.0 g/mol. The largest absolute Gasteiger partial charge is 0.300 e. The molecule has 0 aliphatic carbocycles. The summed E-state index contributed by atoms with van der Waals surface area (Å²) in [5.74, 6) is 0. The Morgan fingerprint density at radius 2 is 1.60 bits per heavy atom. The molecule has 2 nitrogen and oxygen atoms in total. The maximum Gasteiger partial charge on any atom is 0.0612 e. The van der Waals surface area contributed by atoms with Gasteiger partial charge in [-0.15, -0.1) is 0 Å². The summed E-state index contributed by atoms with van der Waals surface area (Å²) >= 11 is 0. The fourth-order valence-electron chi connectivity index (χ4n) is 0.0417. The van der Waals surface area contributed by atoms with E-state index in [9.17, 15) is 0 Å². The molecule has 0 aliphatic heterocycles. The molecular formula is C3H4N2. The summed E-state index contributed by atoms with van der Waals surface area (Å²) in [5, 5.41) is 0. The Bertz CT molecular complexity index is 53.3. The Kier molecular flexibility index (Phi) is 2.57. The second-order valence-electron chi connectivity index (χ2n) is 0.455. The molecule has 2 radical (unpaired) electrons. The van der Waals surface area contributed by atoms with Gasteiger partial charge in [-0.1, -0.05) is 5.73 Å². The molecule has 2 heteroatoms. The van der Waals surface area contributed by atoms with Crippen molar-refractivity contribution < 1.29 is 0 Å². The van der Waals surface area contributed by atoms with Crippen LogP contribution in [0.1, 0.15) is 0 Å². The SMILES string of the molecule is [NH]C=C=C[NH]. The Morgan fingerprint density at radius 1 is 1.20 bits per heavy atom. The average molecular weight is 68.1 g/mol. The fraction of sp³-hybridized carbons (Fsp3) is 0. The van der Waals surface area contributed by atoms with Crippen LogP contribution in [0.5, 0.6) is 0 Å². The lowest BCUT2D eigenvalue weighted by molar-refractivity contribution is 1.48. The summed E-state index contributed by atoms with van der Waals surface area (Å²) in [7, 11) is 0. The van der Waals surface area contributed by atoms with Gasteiger partial charge in [-0.25, -0.2) is 0 Å². The zero-order valence-electron chi connectivity index (χ0n) is 2.65. The van der Waals surface area contributed by atoms with E-state index in [1.165, 1.54) is 0 Å². The number of hydrogen-bond donors (Lipinski definition) is 0. The van der Waals surface area contributed by atoms with E-state index in [0.717, 1.165) is 12.4 Å². The fourth-order valence-corrected chi connectivity index (χ4v) is 0.0417. The molecule has 0 rings (SSSR count). The van der Waals surface area contributed by atoms with Gasteiger partial charge < -0.3 is 11.5 Å². The number of nitrogens with one attached hydrogen (secondary N) is 2. The lowest BCUT2D eigenvalue weighted by Crippen LogP contribution is -1.47. The Balaban J connectivity index is 3.26. The summed E-state index contributed by atoms with van der Waals surface area (Å²) < 4.78 is 0. The highest BCUT2D eigenvalue weighted by atomic mass is 14.5. The minimum atomic E-state index is 0.938. The zero-order chi connectivity index (χ0) is 4.12. The van der Waals surface area contributed by atoms with E-state index in [0.29, 0.717) is 0 Å². The normalized spacial score (nSPS) is 4.80. The molecule has 0 saturated carbocycles. The van der Waals surface area contributed by atoms with Gasteiger partial charge in [0, 0.05) is 0 Å². The highest BCUT2D eigenvalue weighted by Crippen LogP contribution is 1.45. The first-order valence-electron chi connectivity index (χ1n) is 1.15. The smallest absolute Gasteiger partial charge is 0.0612 e. The van der Waals surface area contributed by atoms with E-state index in [1.54, 1.807) is 0 Å². The van der Waals surface area contributed by atoms with E-state index < -0.39 is 0 Å². The topological polar surface area (TPSA) is 47.6 Å². The van der Waals surface area contributed by atoms with Crippen LogP contribution in [0.15, 0.2) is 18.1 Å². The van der Waals surface area contributed by atoms with Crippen molar-refractivity contribution in [2.45, 2.75) is 0 Å². The molecule has 0 saturated heterocycles. The summed E-state index contributed by atoms with van der Waals surface area (Å²) in [4.78, 5) is 0. The lowest BCUT2D eigenvalue weighted by atomic mass is 10.8. The van der Waals surface area contributed by atoms with Gasteiger partial charge in [0.1, 0.15) is 0 Å². The molecule has 0 aromatic rings. The maximum atomic E-state index is 6.22. The van der Waals surface area contributed by atoms with E-state index in [1.807, 2.05) is 0 Å². The van der Waals surface area contributed by atoms with Gasteiger partial charge in [0.25, 0.3) is 0 Å². The van der Waals surface area contributed by atoms with E-state index in [-0.39, 0.29) is 0 Å². The van der Waals surface area contributed by atoms with Gasteiger partial charge in [0.15, 0.2) is 0 Å². The third-order valence-electron chi connectivity index (χ3n) is 0.167. The van der Waals surface area contributed by atoms with Crippen LogP contribution >= 0.6 is 0 Å². The lowest BCUT2D eigenvalue weighted by Gasteiger charge is -1.49. The first kappa shape index (κ1) is 4.12. The third kappa shape index (κ3) is 3.12. The molecule has 0 atom stereocenters. The summed E-state index contributed by atoms with van der Waals surface area (Å²) in [6.07, 6.45) is 1.88. The molecule has 26 valence electrons. The Hall–Kier alpha value is -0.880. The molecule has 0 aromatic carbocycles. The predicted octanol–water partition coefficient (Wildman–Crippen LogP) is 0.178. The second-order valence-corrected chi connectivity index (χ2v) is 0.455. The molecule has 0 unspecified atom stereocenters. The van der Waals surface area contributed by atoms with E-state index >= 15 is 0 Å². The van der Waals surface area contributed by atoms with E-state index in [4.69, 9.17) is 11.5 Å². The zero-order valence-corrected chi connectivity index (χ0v) is 2.65. The summed E-state index contributed by atoms with van der Waals surface area (Å²) in [6.45, 7) is 0. The van der Waals surface area contributed by atoms with Crippen molar-refractivity contribution in [3.8, 4) is 0 Å². The average Bonchev–Trinajstić information content (AvgIpc) is 1.41. The van der Waals surface area contributed by atoms with Gasteiger partial charge in [-0.3, -0.25) is 0 Å². The molecule has 0 aliphatic rings. The maximum absolute atomic E-state index is 6.22. The second kappa shape index (κ2) is 3.12. The summed E-state index contributed by atoms with van der Waals surface area (Å²) in [5.41, 5.74) is 14.6. The molecule has 0 heterocycles. The first-order chi connectivity index (χ1) is 2.41.